The van der Waals surface area contributed by atoms with Crippen molar-refractivity contribution >= 4 is 29.5 Å². The van der Waals surface area contributed by atoms with Crippen LogP contribution in [0.2, 0.25) is 0 Å². The second-order valence-electron chi connectivity index (χ2n) is 13.5. The Bertz CT molecular complexity index is 1870. The molecule has 3 atom stereocenters. The monoisotopic (exact) mass is 707 g/mol. The maximum atomic E-state index is 14.3. The number of hydrogen-bond acceptors (Lipinski definition) is 10. The summed E-state index contributed by atoms with van der Waals surface area (Å²) >= 11 is 0. The Morgan fingerprint density at radius 3 is 1.88 bits per heavy atom. The number of carboxylic acid groups (broad SMARTS) is 1. The van der Waals surface area contributed by atoms with E-state index in [4.69, 9.17) is 20.9 Å². The maximum absolute atomic E-state index is 14.3. The topological polar surface area (TPSA) is 188 Å². The number of ether oxygens (including phenoxy) is 2. The zero-order valence-electron chi connectivity index (χ0n) is 29.5. The summed E-state index contributed by atoms with van der Waals surface area (Å²) in [4.78, 5) is 65.0. The number of esters is 2. The first kappa shape index (κ1) is 39.3. The maximum Gasteiger partial charge on any atom is 0.338 e. The number of carboxylic acids is 1. The number of Topliss-reactive ketones (excluding diaryl/α,β-unsaturated/α-hetero) is 2. The fraction of sp³-hybridized carbons (Fsp3) is 0.293. The number of rotatable bonds is 17. The smallest absolute Gasteiger partial charge is 0.338 e. The normalized spacial score (nSPS) is 13.0. The number of aliphatic carboxylic acids is 1. The summed E-state index contributed by atoms with van der Waals surface area (Å²) in [5.74, 6) is -3.09. The Morgan fingerprint density at radius 1 is 0.712 bits per heavy atom. The van der Waals surface area contributed by atoms with Crippen molar-refractivity contribution in [2.45, 2.75) is 76.9 Å². The van der Waals surface area contributed by atoms with E-state index < -0.39 is 53.2 Å². The third kappa shape index (κ3) is 11.5. The van der Waals surface area contributed by atoms with E-state index in [0.717, 1.165) is 11.1 Å². The minimum absolute atomic E-state index is 0.0121. The van der Waals surface area contributed by atoms with Crippen LogP contribution in [0.4, 0.5) is 0 Å². The predicted octanol–water partition coefficient (Wildman–Crippen LogP) is 4.82. The summed E-state index contributed by atoms with van der Waals surface area (Å²) in [5.41, 5.74) is 14.8. The van der Waals surface area contributed by atoms with Crippen molar-refractivity contribution in [1.82, 2.24) is 5.32 Å². The molecule has 52 heavy (non-hydrogen) atoms. The minimum atomic E-state index is -1.22. The van der Waals surface area contributed by atoms with Gasteiger partial charge in [-0.1, -0.05) is 91.0 Å². The van der Waals surface area contributed by atoms with Crippen LogP contribution in [0.3, 0.4) is 0 Å². The molecule has 0 aromatic heterocycles. The van der Waals surface area contributed by atoms with E-state index in [0.29, 0.717) is 16.7 Å². The molecule has 0 saturated carbocycles. The number of nitrogens with one attached hydrogen (secondary N) is 1. The lowest BCUT2D eigenvalue weighted by Crippen LogP contribution is -2.40. The van der Waals surface area contributed by atoms with Crippen LogP contribution in [0.25, 0.3) is 0 Å². The number of ketones is 2. The molecule has 0 spiro atoms. The molecular weight excluding hydrogens is 662 g/mol. The average molecular weight is 708 g/mol. The second kappa shape index (κ2) is 18.1. The van der Waals surface area contributed by atoms with Gasteiger partial charge < -0.3 is 31.4 Å². The highest BCUT2D eigenvalue weighted by Gasteiger charge is 2.28. The van der Waals surface area contributed by atoms with E-state index in [1.54, 1.807) is 93.6 Å². The Balaban J connectivity index is 1.57. The third-order valence-electron chi connectivity index (χ3n) is 8.17. The van der Waals surface area contributed by atoms with Crippen LogP contribution in [0, 0.1) is 0 Å². The van der Waals surface area contributed by atoms with Crippen molar-refractivity contribution in [3.8, 4) is 0 Å². The average Bonchev–Trinajstić information content (AvgIpc) is 3.12. The van der Waals surface area contributed by atoms with E-state index in [9.17, 15) is 29.1 Å². The van der Waals surface area contributed by atoms with E-state index in [1.807, 2.05) is 30.3 Å². The third-order valence-corrected chi connectivity index (χ3v) is 8.17. The van der Waals surface area contributed by atoms with Crippen molar-refractivity contribution in [2.75, 3.05) is 0 Å². The van der Waals surface area contributed by atoms with Gasteiger partial charge in [0.05, 0.1) is 11.6 Å². The van der Waals surface area contributed by atoms with Crippen LogP contribution in [0.15, 0.2) is 103 Å². The van der Waals surface area contributed by atoms with Gasteiger partial charge in [-0.3, -0.25) is 19.2 Å². The van der Waals surface area contributed by atoms with Crippen LogP contribution in [-0.2, 0) is 45.1 Å². The molecule has 272 valence electrons. The van der Waals surface area contributed by atoms with Crippen molar-refractivity contribution in [2.24, 2.45) is 11.5 Å². The van der Waals surface area contributed by atoms with Gasteiger partial charge in [0, 0.05) is 24.1 Å². The zero-order valence-corrected chi connectivity index (χ0v) is 29.5. The molecule has 4 aromatic rings. The molecule has 0 aliphatic carbocycles. The van der Waals surface area contributed by atoms with E-state index in [-0.39, 0.29) is 43.5 Å². The Morgan fingerprint density at radius 2 is 1.27 bits per heavy atom. The van der Waals surface area contributed by atoms with Gasteiger partial charge in [-0.2, -0.15) is 0 Å². The molecule has 0 aliphatic rings. The van der Waals surface area contributed by atoms with Crippen molar-refractivity contribution < 1.29 is 38.6 Å². The first-order valence-electron chi connectivity index (χ1n) is 16.9. The second-order valence-corrected chi connectivity index (χ2v) is 13.5. The van der Waals surface area contributed by atoms with Crippen molar-refractivity contribution in [1.29, 1.82) is 0 Å². The van der Waals surface area contributed by atoms with E-state index in [1.165, 1.54) is 0 Å². The molecule has 11 heteroatoms. The van der Waals surface area contributed by atoms with Gasteiger partial charge in [0.15, 0.2) is 11.6 Å². The molecule has 6 N–H and O–H groups in total. The Kier molecular flexibility index (Phi) is 13.7. The van der Waals surface area contributed by atoms with Crippen LogP contribution in [0.1, 0.15) is 80.5 Å². The molecule has 0 heterocycles. The number of hydrogen-bond donors (Lipinski definition) is 4. The number of benzene rings is 4. The lowest BCUT2D eigenvalue weighted by molar-refractivity contribution is -0.146. The van der Waals surface area contributed by atoms with Crippen molar-refractivity contribution in [3.05, 3.63) is 142 Å². The van der Waals surface area contributed by atoms with Crippen LogP contribution < -0.4 is 16.8 Å². The SMILES string of the molecule is CC(C)(C)OC(=O)c1ccc(CNC(CC(=O)c2ccccc2CC(N)C(=O)O)C(=O)c2ccccc2CC(N)C(=O)OCc2ccccc2)cc1. The predicted molar refractivity (Wildman–Crippen MR) is 196 cm³/mol. The van der Waals surface area contributed by atoms with Gasteiger partial charge in [-0.05, 0) is 68.0 Å². The standard InChI is InChI=1S/C41H45N3O8/c1-41(2,3)52-39(49)28-19-17-26(18-20-28)24-44-35(23-36(45)31-15-9-7-13-29(31)21-33(42)38(47)48)37(46)32-16-10-8-14-30(32)22-34(43)40(50)51-25-27-11-5-4-6-12-27/h4-20,33-35,44H,21-25,42-43H2,1-3H3,(H,47,48). The Labute approximate surface area is 303 Å². The van der Waals surface area contributed by atoms with E-state index >= 15 is 0 Å². The van der Waals surface area contributed by atoms with Gasteiger partial charge in [0.25, 0.3) is 0 Å². The highest BCUT2D eigenvalue weighted by molar-refractivity contribution is 6.06. The highest BCUT2D eigenvalue weighted by atomic mass is 16.6. The summed E-state index contributed by atoms with van der Waals surface area (Å²) in [5, 5.41) is 12.6. The van der Waals surface area contributed by atoms with Gasteiger partial charge in [-0.15, -0.1) is 0 Å². The summed E-state index contributed by atoms with van der Waals surface area (Å²) < 4.78 is 10.9. The number of nitrogens with two attached hydrogens (primary N) is 2. The minimum Gasteiger partial charge on any atom is -0.480 e. The number of carbonyl (C=O) groups is 5. The van der Waals surface area contributed by atoms with Gasteiger partial charge >= 0.3 is 17.9 Å². The lowest BCUT2D eigenvalue weighted by Gasteiger charge is -2.21. The van der Waals surface area contributed by atoms with Gasteiger partial charge in [-0.25, -0.2) is 4.79 Å². The molecule has 0 aliphatic heterocycles. The van der Waals surface area contributed by atoms with Crippen molar-refractivity contribution in [3.63, 3.8) is 0 Å². The fourth-order valence-electron chi connectivity index (χ4n) is 5.47. The summed E-state index contributed by atoms with van der Waals surface area (Å²) in [7, 11) is 0. The Hall–Kier alpha value is -5.49. The first-order chi connectivity index (χ1) is 24.7. The lowest BCUT2D eigenvalue weighted by atomic mass is 9.90. The van der Waals surface area contributed by atoms with Gasteiger partial charge in [0.1, 0.15) is 24.3 Å². The molecular formula is C41H45N3O8. The quantitative estimate of drug-likeness (QED) is 0.0870. The van der Waals surface area contributed by atoms with Gasteiger partial charge in [0.2, 0.25) is 0 Å². The molecule has 0 radical (unpaired) electrons. The molecule has 4 aromatic carbocycles. The summed E-state index contributed by atoms with van der Waals surface area (Å²) in [6.07, 6.45) is -0.333. The summed E-state index contributed by atoms with van der Waals surface area (Å²) in [6, 6.07) is 25.9. The summed E-state index contributed by atoms with van der Waals surface area (Å²) in [6.45, 7) is 5.56. The van der Waals surface area contributed by atoms with Crippen LogP contribution in [0.5, 0.6) is 0 Å². The van der Waals surface area contributed by atoms with Crippen LogP contribution >= 0.6 is 0 Å². The van der Waals surface area contributed by atoms with Crippen LogP contribution in [-0.4, -0.2) is 58.3 Å². The molecule has 0 amide bonds. The molecule has 11 nitrogen and oxygen atoms in total. The number of carbonyl (C=O) groups excluding carboxylic acids is 4. The molecule has 3 unspecified atom stereocenters. The highest BCUT2D eigenvalue weighted by Crippen LogP contribution is 2.20. The largest absolute Gasteiger partial charge is 0.480 e. The molecule has 0 saturated heterocycles. The molecule has 0 fully saturated rings. The first-order valence-corrected chi connectivity index (χ1v) is 16.9. The molecule has 4 rings (SSSR count). The van der Waals surface area contributed by atoms with E-state index in [2.05, 4.69) is 5.32 Å². The molecule has 0 bridgehead atoms. The zero-order chi connectivity index (χ0) is 37.8. The fourth-order valence-corrected chi connectivity index (χ4v) is 5.47.